The van der Waals surface area contributed by atoms with Crippen molar-refractivity contribution < 1.29 is 4.74 Å². The van der Waals surface area contributed by atoms with E-state index >= 15 is 0 Å². The van der Waals surface area contributed by atoms with E-state index in [1.54, 1.807) is 18.4 Å². The number of rotatable bonds is 5. The summed E-state index contributed by atoms with van der Waals surface area (Å²) in [6.07, 6.45) is 0. The molecule has 0 fully saturated rings. The zero-order valence-electron chi connectivity index (χ0n) is 16.1. The molecule has 0 aliphatic carbocycles. The SMILES string of the molecule is Cc1cc(-c2nc(Br)cs2)ccc1OCc1c(C)cccc1-n1nnn(C)c1=O. The van der Waals surface area contributed by atoms with Crippen LogP contribution in [-0.2, 0) is 13.7 Å². The molecule has 29 heavy (non-hydrogen) atoms. The van der Waals surface area contributed by atoms with E-state index < -0.39 is 0 Å². The zero-order valence-corrected chi connectivity index (χ0v) is 18.5. The average Bonchev–Trinajstić information content (AvgIpc) is 3.27. The van der Waals surface area contributed by atoms with Crippen LogP contribution in [-0.4, -0.2) is 24.8 Å². The van der Waals surface area contributed by atoms with Gasteiger partial charge >= 0.3 is 5.69 Å². The van der Waals surface area contributed by atoms with E-state index in [0.717, 1.165) is 37.6 Å². The molecule has 0 atom stereocenters. The Bertz CT molecular complexity index is 1240. The third-order valence-electron chi connectivity index (χ3n) is 4.61. The van der Waals surface area contributed by atoms with Crippen LogP contribution in [0.5, 0.6) is 5.75 Å². The van der Waals surface area contributed by atoms with Gasteiger partial charge < -0.3 is 4.74 Å². The average molecular weight is 472 g/mol. The fourth-order valence-corrected chi connectivity index (χ4v) is 4.27. The van der Waals surface area contributed by atoms with Crippen molar-refractivity contribution >= 4 is 27.3 Å². The Morgan fingerprint density at radius 1 is 1.14 bits per heavy atom. The first-order valence-corrected chi connectivity index (χ1v) is 10.5. The second-order valence-electron chi connectivity index (χ2n) is 6.61. The fraction of sp³-hybridized carbons (Fsp3) is 0.200. The first-order chi connectivity index (χ1) is 13.9. The Balaban J connectivity index is 1.61. The number of aromatic nitrogens is 5. The van der Waals surface area contributed by atoms with Gasteiger partial charge in [-0.1, -0.05) is 12.1 Å². The molecule has 0 unspecified atom stereocenters. The highest BCUT2D eigenvalue weighted by atomic mass is 79.9. The van der Waals surface area contributed by atoms with Crippen LogP contribution in [0, 0.1) is 13.8 Å². The predicted molar refractivity (Wildman–Crippen MR) is 116 cm³/mol. The number of thiazole rings is 1. The predicted octanol–water partition coefficient (Wildman–Crippen LogP) is 4.05. The van der Waals surface area contributed by atoms with Gasteiger partial charge in [-0.15, -0.1) is 11.3 Å². The van der Waals surface area contributed by atoms with Crippen LogP contribution in [0.2, 0.25) is 0 Å². The minimum Gasteiger partial charge on any atom is -0.489 e. The maximum Gasteiger partial charge on any atom is 0.368 e. The zero-order chi connectivity index (χ0) is 20.5. The number of hydrogen-bond donors (Lipinski definition) is 0. The van der Waals surface area contributed by atoms with Crippen molar-refractivity contribution in [2.45, 2.75) is 20.5 Å². The monoisotopic (exact) mass is 471 g/mol. The van der Waals surface area contributed by atoms with Crippen LogP contribution in [0.4, 0.5) is 0 Å². The molecule has 2 aromatic carbocycles. The van der Waals surface area contributed by atoms with E-state index in [4.69, 9.17) is 4.74 Å². The minimum absolute atomic E-state index is 0.299. The van der Waals surface area contributed by atoms with Crippen molar-refractivity contribution in [3.05, 3.63) is 73.6 Å². The molecule has 0 saturated heterocycles. The molecule has 2 heterocycles. The standard InChI is InChI=1S/C20H18BrN5O2S/c1-12-5-4-6-16(26-20(27)25(3)23-24-26)15(12)10-28-17-8-7-14(9-13(17)2)19-22-18(21)11-29-19/h4-9,11H,10H2,1-3H3. The molecule has 0 saturated carbocycles. The van der Waals surface area contributed by atoms with E-state index in [0.29, 0.717) is 12.3 Å². The second-order valence-corrected chi connectivity index (χ2v) is 8.28. The van der Waals surface area contributed by atoms with Gasteiger partial charge in [0.05, 0.1) is 5.69 Å². The second kappa shape index (κ2) is 7.92. The molecule has 0 aliphatic rings. The summed E-state index contributed by atoms with van der Waals surface area (Å²) in [6.45, 7) is 4.31. The summed E-state index contributed by atoms with van der Waals surface area (Å²) in [5.41, 5.74) is 4.34. The molecule has 148 valence electrons. The van der Waals surface area contributed by atoms with Gasteiger partial charge in [0, 0.05) is 23.6 Å². The van der Waals surface area contributed by atoms with Crippen molar-refractivity contribution in [3.63, 3.8) is 0 Å². The van der Waals surface area contributed by atoms with Gasteiger partial charge in [-0.25, -0.2) is 9.78 Å². The number of halogens is 1. The number of ether oxygens (including phenoxy) is 1. The largest absolute Gasteiger partial charge is 0.489 e. The van der Waals surface area contributed by atoms with Crippen LogP contribution in [0.1, 0.15) is 16.7 Å². The lowest BCUT2D eigenvalue weighted by atomic mass is 10.1. The Morgan fingerprint density at radius 2 is 1.97 bits per heavy atom. The minimum atomic E-state index is -0.299. The summed E-state index contributed by atoms with van der Waals surface area (Å²) >= 11 is 4.98. The van der Waals surface area contributed by atoms with Gasteiger partial charge in [0.15, 0.2) is 0 Å². The van der Waals surface area contributed by atoms with Gasteiger partial charge in [0.1, 0.15) is 22.0 Å². The molecule has 0 N–H and O–H groups in total. The van der Waals surface area contributed by atoms with Crippen LogP contribution in [0.3, 0.4) is 0 Å². The number of nitrogens with zero attached hydrogens (tertiary/aromatic N) is 5. The van der Waals surface area contributed by atoms with Crippen molar-refractivity contribution in [2.24, 2.45) is 7.05 Å². The molecule has 0 bridgehead atoms. The van der Waals surface area contributed by atoms with Gasteiger partial charge in [0.2, 0.25) is 0 Å². The van der Waals surface area contributed by atoms with Crippen LogP contribution in [0.15, 0.2) is 51.2 Å². The third-order valence-corrected chi connectivity index (χ3v) is 6.21. The molecule has 0 aliphatic heterocycles. The van der Waals surface area contributed by atoms with E-state index in [1.807, 2.05) is 49.6 Å². The molecule has 0 amide bonds. The van der Waals surface area contributed by atoms with E-state index in [-0.39, 0.29) is 5.69 Å². The van der Waals surface area contributed by atoms with Crippen molar-refractivity contribution in [1.29, 1.82) is 0 Å². The Kier molecular flexibility index (Phi) is 5.33. The fourth-order valence-electron chi connectivity index (χ4n) is 3.02. The van der Waals surface area contributed by atoms with Crippen molar-refractivity contribution in [2.75, 3.05) is 0 Å². The quantitative estimate of drug-likeness (QED) is 0.438. The number of aryl methyl sites for hydroxylation is 3. The van der Waals surface area contributed by atoms with Crippen molar-refractivity contribution in [1.82, 2.24) is 24.8 Å². The van der Waals surface area contributed by atoms with Crippen molar-refractivity contribution in [3.8, 4) is 22.0 Å². The number of tetrazole rings is 1. The summed E-state index contributed by atoms with van der Waals surface area (Å²) < 4.78 is 9.44. The summed E-state index contributed by atoms with van der Waals surface area (Å²) in [4.78, 5) is 16.7. The molecule has 4 aromatic rings. The first kappa shape index (κ1) is 19.5. The van der Waals surface area contributed by atoms with Gasteiger partial charge in [-0.2, -0.15) is 9.36 Å². The van der Waals surface area contributed by atoms with Crippen LogP contribution in [0.25, 0.3) is 16.3 Å². The maximum atomic E-state index is 12.3. The van der Waals surface area contributed by atoms with E-state index in [1.165, 1.54) is 9.36 Å². The Labute approximate surface area is 179 Å². The van der Waals surface area contributed by atoms with Crippen LogP contribution >= 0.6 is 27.3 Å². The normalized spacial score (nSPS) is 11.0. The molecule has 7 nitrogen and oxygen atoms in total. The highest BCUT2D eigenvalue weighted by Crippen LogP contribution is 2.30. The summed E-state index contributed by atoms with van der Waals surface area (Å²) in [6, 6.07) is 11.7. The molecule has 0 radical (unpaired) electrons. The van der Waals surface area contributed by atoms with Crippen LogP contribution < -0.4 is 10.4 Å². The number of hydrogen-bond acceptors (Lipinski definition) is 6. The summed E-state index contributed by atoms with van der Waals surface area (Å²) in [5, 5.41) is 10.7. The van der Waals surface area contributed by atoms with E-state index in [9.17, 15) is 4.79 Å². The highest BCUT2D eigenvalue weighted by Gasteiger charge is 2.14. The molecule has 0 spiro atoms. The highest BCUT2D eigenvalue weighted by molar-refractivity contribution is 9.10. The molecular formula is C20H18BrN5O2S. The Hall–Kier alpha value is -2.78. The maximum absolute atomic E-state index is 12.3. The molecule has 2 aromatic heterocycles. The molecular weight excluding hydrogens is 454 g/mol. The smallest absolute Gasteiger partial charge is 0.368 e. The molecule has 9 heteroatoms. The Morgan fingerprint density at radius 3 is 2.62 bits per heavy atom. The van der Waals surface area contributed by atoms with Gasteiger partial charge in [-0.05, 0) is 75.6 Å². The third kappa shape index (κ3) is 3.88. The lowest BCUT2D eigenvalue weighted by Gasteiger charge is -2.14. The lowest BCUT2D eigenvalue weighted by molar-refractivity contribution is 0.302. The summed E-state index contributed by atoms with van der Waals surface area (Å²) in [7, 11) is 1.57. The van der Waals surface area contributed by atoms with Gasteiger partial charge in [0.25, 0.3) is 0 Å². The molecule has 4 rings (SSSR count). The van der Waals surface area contributed by atoms with E-state index in [2.05, 4.69) is 37.4 Å². The first-order valence-electron chi connectivity index (χ1n) is 8.87. The topological polar surface area (TPSA) is 74.8 Å². The lowest BCUT2D eigenvalue weighted by Crippen LogP contribution is -2.23. The number of benzene rings is 2. The van der Waals surface area contributed by atoms with Gasteiger partial charge in [-0.3, -0.25) is 0 Å². The summed E-state index contributed by atoms with van der Waals surface area (Å²) in [5.74, 6) is 0.782.